The second-order valence-electron chi connectivity index (χ2n) is 7.61. The van der Waals surface area contributed by atoms with Crippen LogP contribution in [0.3, 0.4) is 0 Å². The van der Waals surface area contributed by atoms with Gasteiger partial charge in [0.15, 0.2) is 0 Å². The Labute approximate surface area is 149 Å². The minimum atomic E-state index is 0.109. The van der Waals surface area contributed by atoms with E-state index >= 15 is 0 Å². The molecule has 0 radical (unpaired) electrons. The van der Waals surface area contributed by atoms with E-state index in [4.69, 9.17) is 14.7 Å². The first-order valence-electron chi connectivity index (χ1n) is 9.62. The summed E-state index contributed by atoms with van der Waals surface area (Å²) >= 11 is 0. The predicted octanol–water partition coefficient (Wildman–Crippen LogP) is 2.18. The Kier molecular flexibility index (Phi) is 4.76. The molecule has 0 unspecified atom stereocenters. The van der Waals surface area contributed by atoms with Crippen LogP contribution in [0.15, 0.2) is 0 Å². The highest BCUT2D eigenvalue weighted by molar-refractivity contribution is 5.52. The molecule has 1 aromatic heterocycles. The maximum atomic E-state index is 9.30. The van der Waals surface area contributed by atoms with Crippen LogP contribution < -0.4 is 9.64 Å². The molecule has 1 aromatic rings. The normalized spacial score (nSPS) is 26.5. The van der Waals surface area contributed by atoms with Gasteiger partial charge in [-0.2, -0.15) is 15.2 Å². The smallest absolute Gasteiger partial charge is 0.318 e. The molecule has 0 N–H and O–H groups in total. The number of piperidine rings is 1. The lowest BCUT2D eigenvalue weighted by atomic mass is 9.99. The molecular formula is C19H27N5O. The largest absolute Gasteiger partial charge is 0.462 e. The van der Waals surface area contributed by atoms with Crippen molar-refractivity contribution in [2.24, 2.45) is 5.92 Å². The molecule has 25 heavy (non-hydrogen) atoms. The molecule has 0 aromatic carbocycles. The van der Waals surface area contributed by atoms with Gasteiger partial charge < -0.3 is 14.5 Å². The standard InChI is InChI=1S/C19H27N5O/c1-23-9-4-6-15(23)13-25-19-21-17-8-2-7-16(17)18(22-19)24-10-3-5-14(11-20)12-24/h14-15H,2-10,12-13H2,1H3/t14-,15-/m0/s1. The van der Waals surface area contributed by atoms with Crippen LogP contribution in [0, 0.1) is 17.2 Å². The number of nitrogens with zero attached hydrogens (tertiary/aromatic N) is 5. The molecule has 0 bridgehead atoms. The van der Waals surface area contributed by atoms with Gasteiger partial charge in [-0.3, -0.25) is 0 Å². The molecule has 6 nitrogen and oxygen atoms in total. The van der Waals surface area contributed by atoms with Crippen LogP contribution in [0.5, 0.6) is 6.01 Å². The van der Waals surface area contributed by atoms with Gasteiger partial charge in [0.1, 0.15) is 12.4 Å². The van der Waals surface area contributed by atoms with E-state index in [9.17, 15) is 5.26 Å². The third-order valence-corrected chi connectivity index (χ3v) is 5.87. The SMILES string of the molecule is CN1CCC[C@H]1COc1nc2c(c(N3CCC[C@@H](C#N)C3)n1)CCC2. The topological polar surface area (TPSA) is 65.3 Å². The Hall–Kier alpha value is -1.87. The van der Waals surface area contributed by atoms with Gasteiger partial charge in [-0.05, 0) is 58.5 Å². The summed E-state index contributed by atoms with van der Waals surface area (Å²) in [4.78, 5) is 14.1. The quantitative estimate of drug-likeness (QED) is 0.836. The number of anilines is 1. The molecule has 3 aliphatic rings. The van der Waals surface area contributed by atoms with Crippen LogP contribution in [0.4, 0.5) is 5.82 Å². The highest BCUT2D eigenvalue weighted by Gasteiger charge is 2.28. The van der Waals surface area contributed by atoms with Gasteiger partial charge in [0.25, 0.3) is 0 Å². The van der Waals surface area contributed by atoms with E-state index in [0.717, 1.165) is 63.3 Å². The van der Waals surface area contributed by atoms with Crippen LogP contribution in [0.1, 0.15) is 43.4 Å². The Balaban J connectivity index is 1.54. The lowest BCUT2D eigenvalue weighted by Crippen LogP contribution is -2.36. The second-order valence-corrected chi connectivity index (χ2v) is 7.61. The van der Waals surface area contributed by atoms with Gasteiger partial charge in [0.05, 0.1) is 17.7 Å². The first-order chi connectivity index (χ1) is 12.2. The van der Waals surface area contributed by atoms with Crippen LogP contribution in [0.25, 0.3) is 0 Å². The number of hydrogen-bond acceptors (Lipinski definition) is 6. The summed E-state index contributed by atoms with van der Waals surface area (Å²) < 4.78 is 6.01. The summed E-state index contributed by atoms with van der Waals surface area (Å²) in [5.41, 5.74) is 2.43. The number of likely N-dealkylation sites (N-methyl/N-ethyl adjacent to an activating group) is 1. The molecule has 0 amide bonds. The summed E-state index contributed by atoms with van der Waals surface area (Å²) in [6, 6.07) is 3.43. The number of fused-ring (bicyclic) bond motifs is 1. The van der Waals surface area contributed by atoms with Gasteiger partial charge in [0.2, 0.25) is 0 Å². The molecule has 2 aliphatic heterocycles. The monoisotopic (exact) mass is 341 g/mol. The zero-order valence-electron chi connectivity index (χ0n) is 15.1. The summed E-state index contributed by atoms with van der Waals surface area (Å²) in [6.45, 7) is 3.57. The minimum absolute atomic E-state index is 0.109. The summed E-state index contributed by atoms with van der Waals surface area (Å²) in [5.74, 6) is 1.13. The van der Waals surface area contributed by atoms with Crippen molar-refractivity contribution < 1.29 is 4.74 Å². The number of aromatic nitrogens is 2. The third-order valence-electron chi connectivity index (χ3n) is 5.87. The zero-order valence-corrected chi connectivity index (χ0v) is 15.1. The first kappa shape index (κ1) is 16.6. The van der Waals surface area contributed by atoms with E-state index in [0.29, 0.717) is 18.7 Å². The van der Waals surface area contributed by atoms with Crippen LogP contribution in [-0.4, -0.2) is 54.2 Å². The Morgan fingerprint density at radius 3 is 2.84 bits per heavy atom. The number of likely N-dealkylation sites (tertiary alicyclic amines) is 1. The first-order valence-corrected chi connectivity index (χ1v) is 9.62. The molecule has 0 spiro atoms. The molecule has 4 rings (SSSR count). The van der Waals surface area contributed by atoms with Crippen molar-refractivity contribution in [3.05, 3.63) is 11.3 Å². The molecule has 2 fully saturated rings. The summed E-state index contributed by atoms with van der Waals surface area (Å²) in [6.07, 6.45) is 7.68. The van der Waals surface area contributed by atoms with E-state index in [1.807, 2.05) is 0 Å². The molecule has 6 heteroatoms. The molecule has 1 aliphatic carbocycles. The number of rotatable bonds is 4. The van der Waals surface area contributed by atoms with E-state index in [-0.39, 0.29) is 5.92 Å². The lowest BCUT2D eigenvalue weighted by Gasteiger charge is -2.32. The summed E-state index contributed by atoms with van der Waals surface area (Å²) in [7, 11) is 2.16. The van der Waals surface area contributed by atoms with Gasteiger partial charge >= 0.3 is 6.01 Å². The van der Waals surface area contributed by atoms with Crippen molar-refractivity contribution in [1.29, 1.82) is 5.26 Å². The fraction of sp³-hybridized carbons (Fsp3) is 0.737. The third kappa shape index (κ3) is 3.43. The second kappa shape index (κ2) is 7.17. The average molecular weight is 341 g/mol. The van der Waals surface area contributed by atoms with Crippen molar-refractivity contribution in [2.45, 2.75) is 51.0 Å². The molecule has 2 saturated heterocycles. The number of hydrogen-bond donors (Lipinski definition) is 0. The molecular weight excluding hydrogens is 314 g/mol. The summed E-state index contributed by atoms with van der Waals surface area (Å²) in [5, 5.41) is 9.30. The van der Waals surface area contributed by atoms with Gasteiger partial charge in [-0.15, -0.1) is 0 Å². The van der Waals surface area contributed by atoms with Crippen molar-refractivity contribution in [3.63, 3.8) is 0 Å². The Bertz CT molecular complexity index is 671. The molecule has 0 saturated carbocycles. The van der Waals surface area contributed by atoms with E-state index in [1.54, 1.807) is 0 Å². The van der Waals surface area contributed by atoms with E-state index in [2.05, 4.69) is 22.9 Å². The van der Waals surface area contributed by atoms with Crippen LogP contribution in [0.2, 0.25) is 0 Å². The fourth-order valence-corrected chi connectivity index (χ4v) is 4.35. The minimum Gasteiger partial charge on any atom is -0.462 e. The Morgan fingerprint density at radius 2 is 2.04 bits per heavy atom. The van der Waals surface area contributed by atoms with Crippen molar-refractivity contribution in [3.8, 4) is 12.1 Å². The van der Waals surface area contributed by atoms with Crippen molar-refractivity contribution >= 4 is 5.82 Å². The average Bonchev–Trinajstić information content (AvgIpc) is 3.28. The van der Waals surface area contributed by atoms with Gasteiger partial charge in [-0.25, -0.2) is 0 Å². The lowest BCUT2D eigenvalue weighted by molar-refractivity contribution is 0.187. The van der Waals surface area contributed by atoms with E-state index in [1.165, 1.54) is 18.4 Å². The molecule has 3 heterocycles. The van der Waals surface area contributed by atoms with Crippen LogP contribution >= 0.6 is 0 Å². The maximum Gasteiger partial charge on any atom is 0.318 e. The van der Waals surface area contributed by atoms with Crippen LogP contribution in [-0.2, 0) is 12.8 Å². The Morgan fingerprint density at radius 1 is 1.16 bits per heavy atom. The highest BCUT2D eigenvalue weighted by Crippen LogP contribution is 2.33. The van der Waals surface area contributed by atoms with Gasteiger partial charge in [-0.1, -0.05) is 0 Å². The van der Waals surface area contributed by atoms with Crippen molar-refractivity contribution in [1.82, 2.24) is 14.9 Å². The van der Waals surface area contributed by atoms with Gasteiger partial charge in [0, 0.05) is 24.7 Å². The molecule has 134 valence electrons. The number of ether oxygens (including phenoxy) is 1. The fourth-order valence-electron chi connectivity index (χ4n) is 4.35. The molecule has 2 atom stereocenters. The highest BCUT2D eigenvalue weighted by atomic mass is 16.5. The maximum absolute atomic E-state index is 9.30. The van der Waals surface area contributed by atoms with E-state index < -0.39 is 0 Å². The number of aryl methyl sites for hydroxylation is 1. The van der Waals surface area contributed by atoms with Crippen molar-refractivity contribution in [2.75, 3.05) is 38.2 Å². The number of nitriles is 1. The predicted molar refractivity (Wildman–Crippen MR) is 95.8 cm³/mol. The zero-order chi connectivity index (χ0) is 17.2.